The van der Waals surface area contributed by atoms with Gasteiger partial charge in [-0.05, 0) is 56.4 Å². The summed E-state index contributed by atoms with van der Waals surface area (Å²) in [6.07, 6.45) is 2.89. The molecule has 1 aromatic carbocycles. The fourth-order valence-electron chi connectivity index (χ4n) is 4.35. The first-order valence-corrected chi connectivity index (χ1v) is 12.0. The molecule has 0 atom stereocenters. The number of rotatable bonds is 6. The van der Waals surface area contributed by atoms with Crippen LogP contribution in [0.25, 0.3) is 0 Å². The molecule has 31 heavy (non-hydrogen) atoms. The third kappa shape index (κ3) is 4.89. The lowest BCUT2D eigenvalue weighted by atomic mass is 10.1. The molecule has 0 bridgehead atoms. The summed E-state index contributed by atoms with van der Waals surface area (Å²) in [6, 6.07) is 5.95. The maximum atomic E-state index is 12.8. The van der Waals surface area contributed by atoms with Crippen LogP contribution in [0.4, 0.5) is 10.7 Å². The van der Waals surface area contributed by atoms with Crippen LogP contribution in [0.3, 0.4) is 0 Å². The fraction of sp³-hybridized carbons (Fsp3) is 0.478. The number of thiophene rings is 1. The number of carbonyl (C=O) groups is 2. The van der Waals surface area contributed by atoms with Crippen molar-refractivity contribution in [3.8, 4) is 0 Å². The molecule has 166 valence electrons. The number of fused-ring (bicyclic) bond motifs is 1. The maximum absolute atomic E-state index is 12.8. The van der Waals surface area contributed by atoms with E-state index in [1.54, 1.807) is 6.92 Å². The number of nitrogens with one attached hydrogen (secondary N) is 1. The molecule has 1 N–H and O–H groups in total. The lowest BCUT2D eigenvalue weighted by molar-refractivity contribution is -0.117. The van der Waals surface area contributed by atoms with Gasteiger partial charge in [0, 0.05) is 41.8 Å². The van der Waals surface area contributed by atoms with Crippen molar-refractivity contribution in [2.45, 2.75) is 33.1 Å². The van der Waals surface area contributed by atoms with Crippen molar-refractivity contribution in [1.29, 1.82) is 0 Å². The van der Waals surface area contributed by atoms with Crippen LogP contribution in [0.5, 0.6) is 0 Å². The number of amides is 1. The highest BCUT2D eigenvalue weighted by atomic mass is 35.5. The van der Waals surface area contributed by atoms with Crippen LogP contribution in [0.2, 0.25) is 5.02 Å². The van der Waals surface area contributed by atoms with Crippen molar-refractivity contribution in [2.75, 3.05) is 49.5 Å². The smallest absolute Gasteiger partial charge is 0.341 e. The van der Waals surface area contributed by atoms with E-state index < -0.39 is 0 Å². The maximum Gasteiger partial charge on any atom is 0.341 e. The Morgan fingerprint density at radius 2 is 1.97 bits per heavy atom. The first-order valence-electron chi connectivity index (χ1n) is 10.8. The van der Waals surface area contributed by atoms with Crippen molar-refractivity contribution in [3.63, 3.8) is 0 Å². The summed E-state index contributed by atoms with van der Waals surface area (Å²) >= 11 is 7.69. The highest BCUT2D eigenvalue weighted by molar-refractivity contribution is 7.17. The van der Waals surface area contributed by atoms with Crippen LogP contribution < -0.4 is 10.2 Å². The zero-order chi connectivity index (χ0) is 22.0. The largest absolute Gasteiger partial charge is 0.462 e. The molecule has 2 heterocycles. The predicted molar refractivity (Wildman–Crippen MR) is 126 cm³/mol. The molecule has 6 nitrogen and oxygen atoms in total. The standard InChI is InChI=1S/C23H28ClN3O3S/c1-3-30-23(29)21-17-5-4-6-19(17)31-22(21)25-20(28)14-26-9-11-27(12-10-26)18-13-16(24)8-7-15(18)2/h7-8,13H,3-6,9-12,14H2,1-2H3,(H,25,28). The minimum atomic E-state index is -0.331. The van der Waals surface area contributed by atoms with Gasteiger partial charge in [-0.15, -0.1) is 11.3 Å². The summed E-state index contributed by atoms with van der Waals surface area (Å²) in [6.45, 7) is 7.81. The van der Waals surface area contributed by atoms with E-state index in [0.29, 0.717) is 23.7 Å². The molecule has 0 unspecified atom stereocenters. The second kappa shape index (κ2) is 9.59. The van der Waals surface area contributed by atoms with Gasteiger partial charge in [0.1, 0.15) is 5.00 Å². The van der Waals surface area contributed by atoms with E-state index in [1.165, 1.54) is 21.8 Å². The number of ether oxygens (including phenoxy) is 1. The molecule has 1 aromatic heterocycles. The van der Waals surface area contributed by atoms with Crippen molar-refractivity contribution in [1.82, 2.24) is 4.90 Å². The molecule has 1 aliphatic heterocycles. The third-order valence-electron chi connectivity index (χ3n) is 5.91. The molecule has 4 rings (SSSR count). The number of benzene rings is 1. The Morgan fingerprint density at radius 3 is 2.71 bits per heavy atom. The van der Waals surface area contributed by atoms with Crippen molar-refractivity contribution in [3.05, 3.63) is 44.8 Å². The van der Waals surface area contributed by atoms with E-state index >= 15 is 0 Å². The second-order valence-electron chi connectivity index (χ2n) is 8.02. The van der Waals surface area contributed by atoms with Gasteiger partial charge in [-0.2, -0.15) is 0 Å². The van der Waals surface area contributed by atoms with Gasteiger partial charge in [-0.25, -0.2) is 4.79 Å². The molecule has 1 saturated heterocycles. The van der Waals surface area contributed by atoms with Gasteiger partial charge < -0.3 is 15.0 Å². The zero-order valence-corrected chi connectivity index (χ0v) is 19.6. The van der Waals surface area contributed by atoms with Gasteiger partial charge >= 0.3 is 5.97 Å². The lowest BCUT2D eigenvalue weighted by Crippen LogP contribution is -2.48. The Morgan fingerprint density at radius 1 is 1.19 bits per heavy atom. The van der Waals surface area contributed by atoms with Gasteiger partial charge in [0.25, 0.3) is 0 Å². The third-order valence-corrected chi connectivity index (χ3v) is 7.35. The Kier molecular flexibility index (Phi) is 6.84. The second-order valence-corrected chi connectivity index (χ2v) is 9.57. The average Bonchev–Trinajstić information content (AvgIpc) is 3.31. The SMILES string of the molecule is CCOC(=O)c1c(NC(=O)CN2CCN(c3cc(Cl)ccc3C)CC2)sc2c1CCC2. The van der Waals surface area contributed by atoms with Crippen molar-refractivity contribution < 1.29 is 14.3 Å². The molecule has 2 aromatic rings. The van der Waals surface area contributed by atoms with Crippen molar-refractivity contribution in [2.24, 2.45) is 0 Å². The Bertz CT molecular complexity index is 983. The normalized spacial score (nSPS) is 16.3. The van der Waals surface area contributed by atoms with Crippen LogP contribution in [-0.2, 0) is 22.4 Å². The topological polar surface area (TPSA) is 61.9 Å². The van der Waals surface area contributed by atoms with E-state index in [4.69, 9.17) is 16.3 Å². The molecule has 8 heteroatoms. The fourth-order valence-corrected chi connectivity index (χ4v) is 5.81. The molecule has 1 aliphatic carbocycles. The Balaban J connectivity index is 1.36. The molecular formula is C23H28ClN3O3S. The van der Waals surface area contributed by atoms with E-state index in [9.17, 15) is 9.59 Å². The number of hydrogen-bond acceptors (Lipinski definition) is 6. The minimum Gasteiger partial charge on any atom is -0.462 e. The van der Waals surface area contributed by atoms with Gasteiger partial charge in [-0.3, -0.25) is 9.69 Å². The Hall–Kier alpha value is -2.09. The van der Waals surface area contributed by atoms with E-state index in [0.717, 1.165) is 61.7 Å². The quantitative estimate of drug-likeness (QED) is 0.655. The molecule has 2 aliphatic rings. The van der Waals surface area contributed by atoms with Crippen LogP contribution in [-0.4, -0.2) is 56.1 Å². The van der Waals surface area contributed by atoms with Gasteiger partial charge in [0.15, 0.2) is 0 Å². The number of aryl methyl sites for hydroxylation is 2. The van der Waals surface area contributed by atoms with Gasteiger partial charge in [-0.1, -0.05) is 17.7 Å². The monoisotopic (exact) mass is 461 g/mol. The number of anilines is 2. The lowest BCUT2D eigenvalue weighted by Gasteiger charge is -2.36. The highest BCUT2D eigenvalue weighted by Gasteiger charge is 2.29. The first-order chi connectivity index (χ1) is 15.0. The number of halogens is 1. The van der Waals surface area contributed by atoms with E-state index in [-0.39, 0.29) is 11.9 Å². The van der Waals surface area contributed by atoms with Crippen LogP contribution >= 0.6 is 22.9 Å². The van der Waals surface area contributed by atoms with Crippen LogP contribution in [0.1, 0.15) is 39.7 Å². The number of esters is 1. The van der Waals surface area contributed by atoms with Crippen LogP contribution in [0.15, 0.2) is 18.2 Å². The van der Waals surface area contributed by atoms with E-state index in [2.05, 4.69) is 22.0 Å². The first kappa shape index (κ1) is 22.1. The molecule has 1 fully saturated rings. The van der Waals surface area contributed by atoms with E-state index in [1.807, 2.05) is 18.2 Å². The number of hydrogen-bond donors (Lipinski definition) is 1. The molecule has 0 radical (unpaired) electrons. The molecule has 0 saturated carbocycles. The van der Waals surface area contributed by atoms with Gasteiger partial charge in [0.05, 0.1) is 18.7 Å². The van der Waals surface area contributed by atoms with Gasteiger partial charge in [0.2, 0.25) is 5.91 Å². The number of nitrogens with zero attached hydrogens (tertiary/aromatic N) is 2. The molecular weight excluding hydrogens is 434 g/mol. The zero-order valence-electron chi connectivity index (χ0n) is 18.0. The molecule has 1 amide bonds. The Labute approximate surface area is 192 Å². The summed E-state index contributed by atoms with van der Waals surface area (Å²) < 4.78 is 5.25. The predicted octanol–water partition coefficient (Wildman–Crippen LogP) is 4.14. The summed E-state index contributed by atoms with van der Waals surface area (Å²) in [5.74, 6) is -0.416. The van der Waals surface area contributed by atoms with Crippen molar-refractivity contribution >= 4 is 45.5 Å². The number of carbonyl (C=O) groups excluding carboxylic acids is 2. The minimum absolute atomic E-state index is 0.0853. The highest BCUT2D eigenvalue weighted by Crippen LogP contribution is 2.39. The molecule has 0 spiro atoms. The summed E-state index contributed by atoms with van der Waals surface area (Å²) in [7, 11) is 0. The number of piperazine rings is 1. The summed E-state index contributed by atoms with van der Waals surface area (Å²) in [4.78, 5) is 30.9. The average molecular weight is 462 g/mol. The summed E-state index contributed by atoms with van der Waals surface area (Å²) in [5, 5.41) is 4.37. The van der Waals surface area contributed by atoms with Crippen LogP contribution in [0, 0.1) is 6.92 Å². The summed E-state index contributed by atoms with van der Waals surface area (Å²) in [5.41, 5.74) is 3.98.